The van der Waals surface area contributed by atoms with Gasteiger partial charge in [-0.25, -0.2) is 0 Å². The molecule has 2 fully saturated rings. The molecule has 0 saturated carbocycles. The Bertz CT molecular complexity index is 887. The van der Waals surface area contributed by atoms with Crippen LogP contribution in [0.2, 0.25) is 0 Å². The van der Waals surface area contributed by atoms with Crippen molar-refractivity contribution >= 4 is 23.3 Å². The molecular formula is C21H26N4O3S. The number of carbonyl (C=O) groups excluding carboxylic acids is 2. The zero-order valence-corrected chi connectivity index (χ0v) is 17.6. The average Bonchev–Trinajstić information content (AvgIpc) is 3.42. The quantitative estimate of drug-likeness (QED) is 0.703. The van der Waals surface area contributed by atoms with Crippen molar-refractivity contribution in [1.29, 1.82) is 0 Å². The number of rotatable bonds is 7. The van der Waals surface area contributed by atoms with Gasteiger partial charge in [0.15, 0.2) is 0 Å². The Labute approximate surface area is 174 Å². The number of methoxy groups -OCH3 is 1. The molecule has 4 rings (SSSR count). The maximum absolute atomic E-state index is 13.4. The number of benzene rings is 1. The number of carbonyl (C=O) groups is 2. The number of nitrogens with zero attached hydrogens (tertiary/aromatic N) is 3. The molecule has 29 heavy (non-hydrogen) atoms. The first-order valence-corrected chi connectivity index (χ1v) is 10.8. The number of hydrogen-bond acceptors (Lipinski definition) is 6. The lowest BCUT2D eigenvalue weighted by atomic mass is 9.69. The second-order valence-electron chi connectivity index (χ2n) is 7.92. The number of aromatic nitrogens is 2. The highest BCUT2D eigenvalue weighted by Crippen LogP contribution is 2.52. The standard InChI is InChI=1S/C21H26N4O3S/c1-14-18(29-24-23-14)19(26)25-16-8-9-17(25)21(13-16,20(27)22-10-11-28-2)12-15-6-4-3-5-7-15/h3-7,16-17H,8-13H2,1-2H3,(H,22,27)/t16-,17+,21+/m1/s1. The lowest BCUT2D eigenvalue weighted by Gasteiger charge is -2.36. The first kappa shape index (κ1) is 20.0. The molecule has 3 heterocycles. The Morgan fingerprint density at radius 2 is 2.10 bits per heavy atom. The summed E-state index contributed by atoms with van der Waals surface area (Å²) in [5.41, 5.74) is 1.15. The zero-order valence-electron chi connectivity index (χ0n) is 16.8. The van der Waals surface area contributed by atoms with E-state index in [1.807, 2.05) is 30.0 Å². The number of amides is 2. The minimum Gasteiger partial charge on any atom is -0.383 e. The molecule has 0 spiro atoms. The van der Waals surface area contributed by atoms with Gasteiger partial charge in [0.25, 0.3) is 5.91 Å². The smallest absolute Gasteiger partial charge is 0.268 e. The van der Waals surface area contributed by atoms with E-state index in [2.05, 4.69) is 27.0 Å². The lowest BCUT2D eigenvalue weighted by Crippen LogP contribution is -2.51. The van der Waals surface area contributed by atoms with Crippen molar-refractivity contribution in [2.24, 2.45) is 5.41 Å². The second-order valence-corrected chi connectivity index (χ2v) is 8.67. The Kier molecular flexibility index (Phi) is 5.65. The van der Waals surface area contributed by atoms with Crippen molar-refractivity contribution in [3.63, 3.8) is 0 Å². The van der Waals surface area contributed by atoms with Gasteiger partial charge in [0, 0.05) is 25.7 Å². The summed E-state index contributed by atoms with van der Waals surface area (Å²) in [6, 6.07) is 10.0. The summed E-state index contributed by atoms with van der Waals surface area (Å²) in [6.07, 6.45) is 3.08. The molecule has 2 aromatic rings. The summed E-state index contributed by atoms with van der Waals surface area (Å²) in [6.45, 7) is 2.74. The van der Waals surface area contributed by atoms with Crippen molar-refractivity contribution in [3.05, 3.63) is 46.5 Å². The van der Waals surface area contributed by atoms with Gasteiger partial charge in [-0.3, -0.25) is 9.59 Å². The summed E-state index contributed by atoms with van der Waals surface area (Å²) >= 11 is 1.14. The summed E-state index contributed by atoms with van der Waals surface area (Å²) in [4.78, 5) is 29.3. The fraction of sp³-hybridized carbons (Fsp3) is 0.524. The van der Waals surface area contributed by atoms with Crippen LogP contribution in [0.1, 0.15) is 40.2 Å². The highest BCUT2D eigenvalue weighted by atomic mass is 32.1. The Hall–Kier alpha value is -2.32. The molecule has 2 bridgehead atoms. The second kappa shape index (κ2) is 8.20. The minimum atomic E-state index is -0.625. The van der Waals surface area contributed by atoms with E-state index in [1.54, 1.807) is 7.11 Å². The summed E-state index contributed by atoms with van der Waals surface area (Å²) in [5.74, 6) is -0.0211. The van der Waals surface area contributed by atoms with Crippen LogP contribution in [0.4, 0.5) is 0 Å². The SMILES string of the molecule is COCCNC(=O)[C@@]1(Cc2ccccc2)C[C@H]2CC[C@@H]1N2C(=O)c1snnc1C. The molecule has 2 amide bonds. The molecule has 0 unspecified atom stereocenters. The van der Waals surface area contributed by atoms with Crippen molar-refractivity contribution < 1.29 is 14.3 Å². The van der Waals surface area contributed by atoms with Crippen molar-refractivity contribution in [1.82, 2.24) is 19.8 Å². The van der Waals surface area contributed by atoms with Crippen LogP contribution in [0.3, 0.4) is 0 Å². The van der Waals surface area contributed by atoms with E-state index in [9.17, 15) is 9.59 Å². The van der Waals surface area contributed by atoms with Gasteiger partial charge in [-0.05, 0) is 49.7 Å². The van der Waals surface area contributed by atoms with E-state index >= 15 is 0 Å². The van der Waals surface area contributed by atoms with Crippen LogP contribution in [0.5, 0.6) is 0 Å². The highest BCUT2D eigenvalue weighted by Gasteiger charge is 2.61. The van der Waals surface area contributed by atoms with E-state index < -0.39 is 5.41 Å². The van der Waals surface area contributed by atoms with Crippen LogP contribution in [0.25, 0.3) is 0 Å². The maximum atomic E-state index is 13.4. The fourth-order valence-electron chi connectivity index (χ4n) is 4.95. The maximum Gasteiger partial charge on any atom is 0.268 e. The molecule has 1 N–H and O–H groups in total. The van der Waals surface area contributed by atoms with E-state index in [0.717, 1.165) is 29.9 Å². The zero-order chi connectivity index (χ0) is 20.4. The molecule has 2 aliphatic rings. The third-order valence-electron chi connectivity index (χ3n) is 6.23. The third kappa shape index (κ3) is 3.55. The molecule has 0 aliphatic carbocycles. The van der Waals surface area contributed by atoms with Gasteiger partial charge in [0.2, 0.25) is 5.91 Å². The third-order valence-corrected chi connectivity index (χ3v) is 7.04. The van der Waals surface area contributed by atoms with Crippen LogP contribution >= 0.6 is 11.5 Å². The fourth-order valence-corrected chi connectivity index (χ4v) is 5.55. The number of aryl methyl sites for hydroxylation is 1. The largest absolute Gasteiger partial charge is 0.383 e. The molecule has 1 aromatic heterocycles. The number of nitrogens with one attached hydrogen (secondary N) is 1. The number of ether oxygens (including phenoxy) is 1. The van der Waals surface area contributed by atoms with Gasteiger partial charge in [-0.1, -0.05) is 34.8 Å². The summed E-state index contributed by atoms with van der Waals surface area (Å²) in [7, 11) is 1.62. The Balaban J connectivity index is 1.65. The molecule has 3 atom stereocenters. The predicted octanol–water partition coefficient (Wildman–Crippen LogP) is 2.22. The lowest BCUT2D eigenvalue weighted by molar-refractivity contribution is -0.132. The van der Waals surface area contributed by atoms with Crippen molar-refractivity contribution in [2.45, 2.75) is 44.7 Å². The van der Waals surface area contributed by atoms with Gasteiger partial charge in [-0.2, -0.15) is 0 Å². The number of fused-ring (bicyclic) bond motifs is 2. The van der Waals surface area contributed by atoms with Crippen molar-refractivity contribution in [2.75, 3.05) is 20.3 Å². The van der Waals surface area contributed by atoms with E-state index in [-0.39, 0.29) is 23.9 Å². The average molecular weight is 415 g/mol. The Morgan fingerprint density at radius 1 is 1.31 bits per heavy atom. The number of hydrogen-bond donors (Lipinski definition) is 1. The molecule has 8 heteroatoms. The topological polar surface area (TPSA) is 84.4 Å². The molecule has 2 saturated heterocycles. The molecular weight excluding hydrogens is 388 g/mol. The predicted molar refractivity (Wildman–Crippen MR) is 110 cm³/mol. The van der Waals surface area contributed by atoms with Crippen molar-refractivity contribution in [3.8, 4) is 0 Å². The van der Waals surface area contributed by atoms with E-state index in [1.165, 1.54) is 0 Å². The monoisotopic (exact) mass is 414 g/mol. The van der Waals surface area contributed by atoms with Crippen LogP contribution in [-0.2, 0) is 16.0 Å². The normalized spacial score (nSPS) is 25.4. The molecule has 0 radical (unpaired) electrons. The van der Waals surface area contributed by atoms with Gasteiger partial charge in [0.05, 0.1) is 17.7 Å². The first-order valence-electron chi connectivity index (χ1n) is 9.99. The van der Waals surface area contributed by atoms with Crippen LogP contribution < -0.4 is 5.32 Å². The molecule has 7 nitrogen and oxygen atoms in total. The molecule has 2 aliphatic heterocycles. The van der Waals surface area contributed by atoms with Gasteiger partial charge >= 0.3 is 0 Å². The minimum absolute atomic E-state index is 0.0163. The van der Waals surface area contributed by atoms with Crippen LogP contribution in [-0.4, -0.2) is 58.6 Å². The van der Waals surface area contributed by atoms with E-state index in [0.29, 0.717) is 36.6 Å². The van der Waals surface area contributed by atoms with Gasteiger partial charge in [0.1, 0.15) is 4.88 Å². The van der Waals surface area contributed by atoms with Gasteiger partial charge in [-0.15, -0.1) is 5.10 Å². The Morgan fingerprint density at radius 3 is 2.79 bits per heavy atom. The van der Waals surface area contributed by atoms with Gasteiger partial charge < -0.3 is 15.0 Å². The van der Waals surface area contributed by atoms with Crippen LogP contribution in [0, 0.1) is 12.3 Å². The molecule has 1 aromatic carbocycles. The van der Waals surface area contributed by atoms with Crippen LogP contribution in [0.15, 0.2) is 30.3 Å². The molecule has 154 valence electrons. The summed E-state index contributed by atoms with van der Waals surface area (Å²) < 4.78 is 9.02. The first-order chi connectivity index (χ1) is 14.1. The summed E-state index contributed by atoms with van der Waals surface area (Å²) in [5, 5.41) is 7.05. The van der Waals surface area contributed by atoms with E-state index in [4.69, 9.17) is 4.74 Å². The highest BCUT2D eigenvalue weighted by molar-refractivity contribution is 7.08.